The number of halogens is 2. The Balaban J connectivity index is 4.61. The van der Waals surface area contributed by atoms with Crippen molar-refractivity contribution in [1.82, 2.24) is 5.32 Å². The molecule has 0 radical (unpaired) electrons. The van der Waals surface area contributed by atoms with E-state index in [1.165, 1.54) is 11.8 Å². The van der Waals surface area contributed by atoms with Gasteiger partial charge in [0.15, 0.2) is 5.17 Å². The second-order valence-electron chi connectivity index (χ2n) is 2.19. The third-order valence-electron chi connectivity index (χ3n) is 1.20. The number of amides is 1. The number of nitrogens with one attached hydrogen (secondary N) is 1. The standard InChI is InChI=1S/C7H10ClIN4OS/c1-4(8)11-5(3-10)6(14)12-7(13-9)15-2/h1,3,10H2,2H3,(H,12,13,14)/b11-5+. The van der Waals surface area contributed by atoms with Gasteiger partial charge in [-0.05, 0) is 6.26 Å². The number of hydrogen-bond acceptors (Lipinski definition) is 5. The molecule has 0 aliphatic carbocycles. The van der Waals surface area contributed by atoms with Crippen LogP contribution in [0.3, 0.4) is 0 Å². The summed E-state index contributed by atoms with van der Waals surface area (Å²) in [5.41, 5.74) is 5.45. The molecule has 0 atom stereocenters. The van der Waals surface area contributed by atoms with E-state index in [-0.39, 0.29) is 17.4 Å². The minimum atomic E-state index is -0.427. The van der Waals surface area contributed by atoms with Crippen LogP contribution in [0.1, 0.15) is 0 Å². The molecular weight excluding hydrogens is 351 g/mol. The minimum absolute atomic E-state index is 0.0134. The van der Waals surface area contributed by atoms with E-state index < -0.39 is 5.91 Å². The molecule has 0 aliphatic rings. The van der Waals surface area contributed by atoms with Crippen LogP contribution in [-0.4, -0.2) is 29.6 Å². The van der Waals surface area contributed by atoms with Gasteiger partial charge in [-0.2, -0.15) is 3.21 Å². The monoisotopic (exact) mass is 360 g/mol. The van der Waals surface area contributed by atoms with Gasteiger partial charge < -0.3 is 5.73 Å². The molecule has 0 saturated heterocycles. The number of hydrogen-bond donors (Lipinski definition) is 2. The molecule has 1 amide bonds. The number of rotatable bonds is 3. The summed E-state index contributed by atoms with van der Waals surface area (Å²) >= 11 is 8.53. The topological polar surface area (TPSA) is 79.8 Å². The first kappa shape index (κ1) is 14.9. The second-order valence-corrected chi connectivity index (χ2v) is 3.90. The summed E-state index contributed by atoms with van der Waals surface area (Å²) in [5.74, 6) is -0.427. The predicted octanol–water partition coefficient (Wildman–Crippen LogP) is 1.28. The lowest BCUT2D eigenvalue weighted by Gasteiger charge is -2.05. The molecule has 0 aromatic heterocycles. The lowest BCUT2D eigenvalue weighted by Crippen LogP contribution is -2.37. The van der Waals surface area contributed by atoms with Crippen molar-refractivity contribution in [3.05, 3.63) is 11.7 Å². The van der Waals surface area contributed by atoms with Crippen LogP contribution in [0.4, 0.5) is 0 Å². The van der Waals surface area contributed by atoms with Crippen molar-refractivity contribution in [1.29, 1.82) is 0 Å². The maximum absolute atomic E-state index is 11.5. The van der Waals surface area contributed by atoms with Crippen molar-refractivity contribution in [3.63, 3.8) is 0 Å². The third-order valence-corrected chi connectivity index (χ3v) is 2.68. The van der Waals surface area contributed by atoms with Crippen LogP contribution in [0.15, 0.2) is 19.9 Å². The highest BCUT2D eigenvalue weighted by atomic mass is 127. The van der Waals surface area contributed by atoms with E-state index >= 15 is 0 Å². The SMILES string of the molecule is C=C(Cl)/N=C(\CN)C(=O)N/C(=N/I)SC. The number of thioether (sulfide) groups is 1. The van der Waals surface area contributed by atoms with Gasteiger partial charge in [-0.15, -0.1) is 0 Å². The second kappa shape index (κ2) is 8.08. The predicted molar refractivity (Wildman–Crippen MR) is 74.6 cm³/mol. The van der Waals surface area contributed by atoms with Crippen molar-refractivity contribution < 1.29 is 4.79 Å². The van der Waals surface area contributed by atoms with Crippen molar-refractivity contribution in [2.75, 3.05) is 12.8 Å². The zero-order valence-corrected chi connectivity index (χ0v) is 11.7. The van der Waals surface area contributed by atoms with E-state index in [0.29, 0.717) is 5.17 Å². The third kappa shape index (κ3) is 6.13. The number of carbonyl (C=O) groups is 1. The van der Waals surface area contributed by atoms with Crippen molar-refractivity contribution in [2.24, 2.45) is 13.9 Å². The molecule has 0 heterocycles. The van der Waals surface area contributed by atoms with Gasteiger partial charge in [-0.3, -0.25) is 10.1 Å². The van der Waals surface area contributed by atoms with Gasteiger partial charge in [-0.25, -0.2) is 4.99 Å². The van der Waals surface area contributed by atoms with E-state index in [1.807, 2.05) is 0 Å². The van der Waals surface area contributed by atoms with E-state index in [0.717, 1.165) is 0 Å². The minimum Gasteiger partial charge on any atom is -0.325 e. The Kier molecular flexibility index (Phi) is 8.02. The van der Waals surface area contributed by atoms with Crippen molar-refractivity contribution in [2.45, 2.75) is 0 Å². The van der Waals surface area contributed by atoms with Gasteiger partial charge in [0.2, 0.25) is 0 Å². The largest absolute Gasteiger partial charge is 0.325 e. The zero-order chi connectivity index (χ0) is 11.8. The molecule has 0 saturated carbocycles. The molecule has 0 unspecified atom stereocenters. The summed E-state index contributed by atoms with van der Waals surface area (Å²) in [5, 5.41) is 3.02. The molecule has 0 aromatic carbocycles. The lowest BCUT2D eigenvalue weighted by molar-refractivity contribution is -0.113. The fourth-order valence-electron chi connectivity index (χ4n) is 0.611. The Labute approximate surface area is 111 Å². The van der Waals surface area contributed by atoms with Gasteiger partial charge in [-0.1, -0.05) is 29.9 Å². The highest BCUT2D eigenvalue weighted by Crippen LogP contribution is 2.01. The number of carbonyl (C=O) groups excluding carboxylic acids is 1. The highest BCUT2D eigenvalue weighted by Gasteiger charge is 2.11. The summed E-state index contributed by atoms with van der Waals surface area (Å²) in [6.07, 6.45) is 1.79. The Morgan fingerprint density at radius 2 is 2.33 bits per heavy atom. The first-order chi connectivity index (χ1) is 7.04. The Hall–Kier alpha value is -0.120. The van der Waals surface area contributed by atoms with Gasteiger partial charge in [0.1, 0.15) is 10.9 Å². The molecule has 0 bridgehead atoms. The van der Waals surface area contributed by atoms with Crippen LogP contribution in [0.2, 0.25) is 0 Å². The molecule has 0 aliphatic heterocycles. The van der Waals surface area contributed by atoms with Crippen LogP contribution < -0.4 is 11.1 Å². The summed E-state index contributed by atoms with van der Waals surface area (Å²) in [4.78, 5) is 15.2. The van der Waals surface area contributed by atoms with Gasteiger partial charge in [0.05, 0.1) is 22.9 Å². The van der Waals surface area contributed by atoms with Crippen molar-refractivity contribution in [3.8, 4) is 0 Å². The molecule has 5 nitrogen and oxygen atoms in total. The number of nitrogens with two attached hydrogens (primary N) is 1. The van der Waals surface area contributed by atoms with Crippen molar-refractivity contribution >= 4 is 63.0 Å². The molecule has 0 rings (SSSR count). The van der Waals surface area contributed by atoms with Crippen LogP contribution in [-0.2, 0) is 4.79 Å². The number of aliphatic imine (C=N–C) groups is 1. The summed E-state index contributed by atoms with van der Waals surface area (Å²) in [7, 11) is 0. The summed E-state index contributed by atoms with van der Waals surface area (Å²) < 4.78 is 3.81. The van der Waals surface area contributed by atoms with E-state index in [1.54, 1.807) is 29.1 Å². The van der Waals surface area contributed by atoms with E-state index in [9.17, 15) is 4.79 Å². The summed E-state index contributed by atoms with van der Waals surface area (Å²) in [6.45, 7) is 3.34. The zero-order valence-electron chi connectivity index (χ0n) is 7.96. The molecule has 15 heavy (non-hydrogen) atoms. The first-order valence-electron chi connectivity index (χ1n) is 3.71. The van der Waals surface area contributed by atoms with Gasteiger partial charge >= 0.3 is 0 Å². The van der Waals surface area contributed by atoms with E-state index in [2.05, 4.69) is 20.1 Å². The maximum Gasteiger partial charge on any atom is 0.273 e. The number of amidine groups is 1. The summed E-state index contributed by atoms with van der Waals surface area (Å²) in [6, 6.07) is 0. The van der Waals surface area contributed by atoms with Gasteiger partial charge in [0.25, 0.3) is 5.91 Å². The fourth-order valence-corrected chi connectivity index (χ4v) is 1.69. The Bertz CT molecular complexity index is 318. The van der Waals surface area contributed by atoms with Crippen LogP contribution in [0.5, 0.6) is 0 Å². The van der Waals surface area contributed by atoms with Crippen LogP contribution >= 0.6 is 46.2 Å². The quantitative estimate of drug-likeness (QED) is 0.344. The average molecular weight is 361 g/mol. The molecular formula is C7H10ClIN4OS. The molecule has 0 spiro atoms. The normalized spacial score (nSPS) is 12.5. The molecule has 3 N–H and O–H groups in total. The molecule has 0 aromatic rings. The molecule has 0 fully saturated rings. The lowest BCUT2D eigenvalue weighted by atomic mass is 10.3. The van der Waals surface area contributed by atoms with Crippen LogP contribution in [0, 0.1) is 0 Å². The van der Waals surface area contributed by atoms with Gasteiger partial charge in [0, 0.05) is 6.54 Å². The average Bonchev–Trinajstić information content (AvgIpc) is 2.21. The fraction of sp³-hybridized carbons (Fsp3) is 0.286. The van der Waals surface area contributed by atoms with E-state index in [4.69, 9.17) is 17.3 Å². The Morgan fingerprint density at radius 3 is 2.67 bits per heavy atom. The molecule has 8 heteroatoms. The smallest absolute Gasteiger partial charge is 0.273 e. The first-order valence-corrected chi connectivity index (χ1v) is 6.28. The highest BCUT2D eigenvalue weighted by molar-refractivity contribution is 14.1. The maximum atomic E-state index is 11.5. The Morgan fingerprint density at radius 1 is 1.73 bits per heavy atom. The van der Waals surface area contributed by atoms with Crippen LogP contribution in [0.25, 0.3) is 0 Å². The number of nitrogens with zero attached hydrogens (tertiary/aromatic N) is 2. The molecule has 84 valence electrons.